The molecule has 0 radical (unpaired) electrons. The standard InChI is InChI=1S/C19H26N4S2/c1-14-18(25-15(2)22-14)11-21-19(20-3)23-10-9-16(12-23)13-24-17-7-5-4-6-8-17/h4-8,16H,9-13H2,1-3H3,(H,20,21). The van der Waals surface area contributed by atoms with Gasteiger partial charge in [0, 0.05) is 35.7 Å². The van der Waals surface area contributed by atoms with Gasteiger partial charge >= 0.3 is 0 Å². The van der Waals surface area contributed by atoms with Crippen molar-refractivity contribution in [3.8, 4) is 0 Å². The van der Waals surface area contributed by atoms with Crippen LogP contribution < -0.4 is 5.32 Å². The van der Waals surface area contributed by atoms with Gasteiger partial charge in [0.05, 0.1) is 17.2 Å². The number of rotatable bonds is 5. The van der Waals surface area contributed by atoms with Crippen LogP contribution in [0.5, 0.6) is 0 Å². The largest absolute Gasteiger partial charge is 0.351 e. The maximum atomic E-state index is 4.50. The van der Waals surface area contributed by atoms with E-state index in [0.717, 1.165) is 42.2 Å². The van der Waals surface area contributed by atoms with Gasteiger partial charge in [-0.25, -0.2) is 4.98 Å². The number of thiazole rings is 1. The molecule has 1 aromatic carbocycles. The molecule has 2 aromatic rings. The second kappa shape index (κ2) is 8.72. The molecule has 0 bridgehead atoms. The third kappa shape index (κ3) is 4.98. The van der Waals surface area contributed by atoms with Crippen molar-refractivity contribution in [1.82, 2.24) is 15.2 Å². The van der Waals surface area contributed by atoms with Gasteiger partial charge in [0.2, 0.25) is 0 Å². The number of thioether (sulfide) groups is 1. The van der Waals surface area contributed by atoms with Gasteiger partial charge in [0.1, 0.15) is 0 Å². The summed E-state index contributed by atoms with van der Waals surface area (Å²) < 4.78 is 0. The highest BCUT2D eigenvalue weighted by Gasteiger charge is 2.25. The second-order valence-electron chi connectivity index (χ2n) is 6.37. The number of aryl methyl sites for hydroxylation is 2. The first-order valence-electron chi connectivity index (χ1n) is 8.72. The van der Waals surface area contributed by atoms with E-state index in [2.05, 4.69) is 64.4 Å². The van der Waals surface area contributed by atoms with Crippen LogP contribution in [0.15, 0.2) is 40.2 Å². The summed E-state index contributed by atoms with van der Waals surface area (Å²) in [4.78, 5) is 14.0. The van der Waals surface area contributed by atoms with Gasteiger partial charge in [0.15, 0.2) is 5.96 Å². The molecule has 0 amide bonds. The van der Waals surface area contributed by atoms with Crippen LogP contribution in [0.25, 0.3) is 0 Å². The summed E-state index contributed by atoms with van der Waals surface area (Å²) in [5.74, 6) is 2.90. The summed E-state index contributed by atoms with van der Waals surface area (Å²) in [7, 11) is 1.87. The quantitative estimate of drug-likeness (QED) is 0.489. The van der Waals surface area contributed by atoms with E-state index in [1.165, 1.54) is 21.9 Å². The van der Waals surface area contributed by atoms with Crippen LogP contribution in [-0.2, 0) is 6.54 Å². The molecular weight excluding hydrogens is 348 g/mol. The van der Waals surface area contributed by atoms with Crippen LogP contribution in [0.3, 0.4) is 0 Å². The number of hydrogen-bond donors (Lipinski definition) is 1. The van der Waals surface area contributed by atoms with Gasteiger partial charge in [-0.2, -0.15) is 0 Å². The average Bonchev–Trinajstić information content (AvgIpc) is 3.21. The molecule has 1 unspecified atom stereocenters. The molecule has 0 aliphatic carbocycles. The van der Waals surface area contributed by atoms with Crippen molar-refractivity contribution in [3.63, 3.8) is 0 Å². The van der Waals surface area contributed by atoms with Crippen LogP contribution in [0.4, 0.5) is 0 Å². The zero-order valence-electron chi connectivity index (χ0n) is 15.2. The molecule has 25 heavy (non-hydrogen) atoms. The summed E-state index contributed by atoms with van der Waals surface area (Å²) in [6, 6.07) is 10.7. The molecule has 1 aliphatic rings. The van der Waals surface area contributed by atoms with Crippen LogP contribution in [0, 0.1) is 19.8 Å². The average molecular weight is 375 g/mol. The highest BCUT2D eigenvalue weighted by atomic mass is 32.2. The first-order valence-corrected chi connectivity index (χ1v) is 10.5. The molecule has 2 heterocycles. The summed E-state index contributed by atoms with van der Waals surface area (Å²) in [5, 5.41) is 4.64. The zero-order chi connectivity index (χ0) is 17.6. The fourth-order valence-electron chi connectivity index (χ4n) is 3.12. The molecule has 134 valence electrons. The number of aromatic nitrogens is 1. The van der Waals surface area contributed by atoms with E-state index in [9.17, 15) is 0 Å². The Hall–Kier alpha value is -1.53. The molecule has 0 saturated carbocycles. The third-order valence-electron chi connectivity index (χ3n) is 4.43. The Morgan fingerprint density at radius 1 is 1.36 bits per heavy atom. The third-order valence-corrected chi connectivity index (χ3v) is 6.75. The van der Waals surface area contributed by atoms with Gasteiger partial charge in [-0.3, -0.25) is 4.99 Å². The van der Waals surface area contributed by atoms with Crippen molar-refractivity contribution in [1.29, 1.82) is 0 Å². The lowest BCUT2D eigenvalue weighted by atomic mass is 10.2. The van der Waals surface area contributed by atoms with E-state index >= 15 is 0 Å². The summed E-state index contributed by atoms with van der Waals surface area (Å²) >= 11 is 3.73. The molecule has 0 spiro atoms. The zero-order valence-corrected chi connectivity index (χ0v) is 16.8. The molecular formula is C19H26N4S2. The highest BCUT2D eigenvalue weighted by Crippen LogP contribution is 2.26. The number of hydrogen-bond acceptors (Lipinski definition) is 4. The maximum Gasteiger partial charge on any atom is 0.193 e. The van der Waals surface area contributed by atoms with E-state index in [4.69, 9.17) is 0 Å². The lowest BCUT2D eigenvalue weighted by Crippen LogP contribution is -2.39. The van der Waals surface area contributed by atoms with Crippen LogP contribution in [0.2, 0.25) is 0 Å². The molecule has 3 rings (SSSR count). The summed E-state index contributed by atoms with van der Waals surface area (Å²) in [5.41, 5.74) is 1.13. The Morgan fingerprint density at radius 2 is 2.16 bits per heavy atom. The van der Waals surface area contributed by atoms with Crippen LogP contribution in [-0.4, -0.2) is 41.7 Å². The number of nitrogens with zero attached hydrogens (tertiary/aromatic N) is 3. The number of guanidine groups is 1. The minimum absolute atomic E-state index is 0.719. The Bertz CT molecular complexity index is 711. The van der Waals surface area contributed by atoms with Gasteiger partial charge in [0.25, 0.3) is 0 Å². The van der Waals surface area contributed by atoms with Gasteiger partial charge in [-0.1, -0.05) is 18.2 Å². The van der Waals surface area contributed by atoms with Crippen molar-refractivity contribution >= 4 is 29.1 Å². The fraction of sp³-hybridized carbons (Fsp3) is 0.474. The van der Waals surface area contributed by atoms with Crippen molar-refractivity contribution in [2.45, 2.75) is 31.7 Å². The van der Waals surface area contributed by atoms with Gasteiger partial charge in [-0.15, -0.1) is 23.1 Å². The normalized spacial score (nSPS) is 18.0. The Labute approximate surface area is 158 Å². The Balaban J connectivity index is 1.48. The Kier molecular flexibility index (Phi) is 6.37. The molecule has 4 nitrogen and oxygen atoms in total. The number of aliphatic imine (C=N–C) groups is 1. The monoisotopic (exact) mass is 374 g/mol. The first-order chi connectivity index (χ1) is 12.2. The van der Waals surface area contributed by atoms with Crippen molar-refractivity contribution in [2.24, 2.45) is 10.9 Å². The molecule has 1 atom stereocenters. The van der Waals surface area contributed by atoms with Crippen LogP contribution >= 0.6 is 23.1 Å². The number of nitrogens with one attached hydrogen (secondary N) is 1. The number of benzene rings is 1. The predicted molar refractivity (Wildman–Crippen MR) is 109 cm³/mol. The van der Waals surface area contributed by atoms with Crippen molar-refractivity contribution < 1.29 is 0 Å². The predicted octanol–water partition coefficient (Wildman–Crippen LogP) is 3.95. The smallest absolute Gasteiger partial charge is 0.193 e. The van der Waals surface area contributed by atoms with E-state index in [-0.39, 0.29) is 0 Å². The molecule has 6 heteroatoms. The molecule has 1 fully saturated rings. The molecule has 1 aliphatic heterocycles. The van der Waals surface area contributed by atoms with E-state index in [1.807, 2.05) is 18.8 Å². The first kappa shape index (κ1) is 18.3. The lowest BCUT2D eigenvalue weighted by Gasteiger charge is -2.21. The van der Waals surface area contributed by atoms with E-state index < -0.39 is 0 Å². The van der Waals surface area contributed by atoms with Crippen molar-refractivity contribution in [3.05, 3.63) is 45.9 Å². The SMILES string of the molecule is CN=C(NCc1sc(C)nc1C)N1CCC(CSc2ccccc2)C1. The minimum Gasteiger partial charge on any atom is -0.351 e. The van der Waals surface area contributed by atoms with E-state index in [0.29, 0.717) is 0 Å². The molecule has 1 N–H and O–H groups in total. The maximum absolute atomic E-state index is 4.50. The van der Waals surface area contributed by atoms with Crippen LogP contribution in [0.1, 0.15) is 22.0 Å². The number of likely N-dealkylation sites (tertiary alicyclic amines) is 1. The highest BCUT2D eigenvalue weighted by molar-refractivity contribution is 7.99. The summed E-state index contributed by atoms with van der Waals surface area (Å²) in [6.07, 6.45) is 1.24. The van der Waals surface area contributed by atoms with Crippen molar-refractivity contribution in [2.75, 3.05) is 25.9 Å². The molecule has 1 saturated heterocycles. The fourth-order valence-corrected chi connectivity index (χ4v) is 5.05. The second-order valence-corrected chi connectivity index (χ2v) is 8.75. The van der Waals surface area contributed by atoms with Gasteiger partial charge < -0.3 is 10.2 Å². The molecule has 1 aromatic heterocycles. The lowest BCUT2D eigenvalue weighted by molar-refractivity contribution is 0.474. The van der Waals surface area contributed by atoms with E-state index in [1.54, 1.807) is 11.3 Å². The summed E-state index contributed by atoms with van der Waals surface area (Å²) in [6.45, 7) is 7.12. The topological polar surface area (TPSA) is 40.5 Å². The minimum atomic E-state index is 0.719. The van der Waals surface area contributed by atoms with Gasteiger partial charge in [-0.05, 0) is 38.3 Å². The Morgan fingerprint density at radius 3 is 2.84 bits per heavy atom.